The van der Waals surface area contributed by atoms with Gasteiger partial charge in [-0.1, -0.05) is 0 Å². The second-order valence-corrected chi connectivity index (χ2v) is 4.13. The Hall–Kier alpha value is -1.69. The number of nitrogens with one attached hydrogen (secondary N) is 3. The predicted octanol–water partition coefficient (Wildman–Crippen LogP) is -0.358. The largest absolute Gasteiger partial charge is 0.351 e. The Labute approximate surface area is 98.8 Å². The van der Waals surface area contributed by atoms with Gasteiger partial charge in [0.15, 0.2) is 0 Å². The van der Waals surface area contributed by atoms with Gasteiger partial charge in [-0.05, 0) is 25.8 Å². The molecule has 0 radical (unpaired) electrons. The zero-order chi connectivity index (χ0) is 12.1. The molecule has 1 aromatic heterocycles. The van der Waals surface area contributed by atoms with Crippen LogP contribution in [0.4, 0.5) is 0 Å². The summed E-state index contributed by atoms with van der Waals surface area (Å²) in [7, 11) is 0. The molecule has 6 nitrogen and oxygen atoms in total. The van der Waals surface area contributed by atoms with Crippen LogP contribution in [0.15, 0.2) is 17.2 Å². The van der Waals surface area contributed by atoms with E-state index in [2.05, 4.69) is 20.6 Å². The second kappa shape index (κ2) is 5.58. The van der Waals surface area contributed by atoms with E-state index in [1.54, 1.807) is 0 Å². The molecule has 1 saturated heterocycles. The third kappa shape index (κ3) is 3.39. The van der Waals surface area contributed by atoms with Gasteiger partial charge in [0.25, 0.3) is 11.5 Å². The van der Waals surface area contributed by atoms with Crippen molar-refractivity contribution in [2.45, 2.75) is 25.3 Å². The molecular formula is C11H16N4O2. The van der Waals surface area contributed by atoms with Gasteiger partial charge in [0.05, 0.1) is 6.20 Å². The molecule has 0 aromatic carbocycles. The van der Waals surface area contributed by atoms with Crippen molar-refractivity contribution in [3.63, 3.8) is 0 Å². The average Bonchev–Trinajstić information content (AvgIpc) is 2.83. The van der Waals surface area contributed by atoms with E-state index in [4.69, 9.17) is 0 Å². The minimum atomic E-state index is -0.309. The number of H-pyrrole nitrogens is 1. The highest BCUT2D eigenvalue weighted by Gasteiger charge is 2.14. The molecule has 1 amide bonds. The van der Waals surface area contributed by atoms with Gasteiger partial charge in [-0.15, -0.1) is 0 Å². The fourth-order valence-corrected chi connectivity index (χ4v) is 1.92. The first-order valence-electron chi connectivity index (χ1n) is 5.82. The number of carbonyl (C=O) groups is 1. The van der Waals surface area contributed by atoms with Crippen molar-refractivity contribution in [1.82, 2.24) is 20.6 Å². The lowest BCUT2D eigenvalue weighted by Crippen LogP contribution is -2.31. The van der Waals surface area contributed by atoms with Crippen molar-refractivity contribution in [2.75, 3.05) is 13.1 Å². The maximum atomic E-state index is 11.6. The van der Waals surface area contributed by atoms with Gasteiger partial charge in [-0.2, -0.15) is 0 Å². The molecule has 1 aliphatic rings. The van der Waals surface area contributed by atoms with Crippen LogP contribution in [0.5, 0.6) is 0 Å². The Morgan fingerprint density at radius 3 is 3.12 bits per heavy atom. The lowest BCUT2D eigenvalue weighted by Gasteiger charge is -2.10. The molecule has 1 unspecified atom stereocenters. The minimum Gasteiger partial charge on any atom is -0.351 e. The third-order valence-corrected chi connectivity index (χ3v) is 2.85. The fraction of sp³-hybridized carbons (Fsp3) is 0.545. The highest BCUT2D eigenvalue weighted by molar-refractivity contribution is 5.91. The standard InChI is InChI=1S/C11H16N4O2/c16-10-7-14-9(6-15-10)11(17)13-5-3-8-2-1-4-12-8/h6-8,12H,1-5H2,(H,13,17)(H,15,16). The smallest absolute Gasteiger partial charge is 0.271 e. The number of nitrogens with zero attached hydrogens (tertiary/aromatic N) is 1. The maximum absolute atomic E-state index is 11.6. The maximum Gasteiger partial charge on any atom is 0.271 e. The van der Waals surface area contributed by atoms with E-state index in [0.29, 0.717) is 12.6 Å². The van der Waals surface area contributed by atoms with Crippen LogP contribution in [0.2, 0.25) is 0 Å². The third-order valence-electron chi connectivity index (χ3n) is 2.85. The Bertz CT molecular complexity index is 417. The summed E-state index contributed by atoms with van der Waals surface area (Å²) in [5.41, 5.74) is -0.0688. The van der Waals surface area contributed by atoms with Crippen molar-refractivity contribution in [2.24, 2.45) is 0 Å². The number of rotatable bonds is 4. The molecule has 0 spiro atoms. The van der Waals surface area contributed by atoms with Gasteiger partial charge >= 0.3 is 0 Å². The normalized spacial score (nSPS) is 19.2. The SMILES string of the molecule is O=C(NCCC1CCCN1)c1c[nH]c(=O)cn1. The van der Waals surface area contributed by atoms with Gasteiger partial charge < -0.3 is 15.6 Å². The van der Waals surface area contributed by atoms with E-state index in [0.717, 1.165) is 19.2 Å². The van der Waals surface area contributed by atoms with E-state index in [-0.39, 0.29) is 17.2 Å². The lowest BCUT2D eigenvalue weighted by atomic mass is 10.1. The number of amides is 1. The van der Waals surface area contributed by atoms with Gasteiger partial charge in [0, 0.05) is 18.8 Å². The van der Waals surface area contributed by atoms with Crippen LogP contribution in [0.1, 0.15) is 29.8 Å². The number of carbonyl (C=O) groups excluding carboxylic acids is 1. The molecular weight excluding hydrogens is 220 g/mol. The first-order valence-corrected chi connectivity index (χ1v) is 5.82. The van der Waals surface area contributed by atoms with Gasteiger partial charge in [-0.25, -0.2) is 4.98 Å². The summed E-state index contributed by atoms with van der Waals surface area (Å²) in [6.07, 6.45) is 5.74. The molecule has 0 bridgehead atoms. The zero-order valence-electron chi connectivity index (χ0n) is 9.53. The summed E-state index contributed by atoms with van der Waals surface area (Å²) >= 11 is 0. The molecule has 1 aliphatic heterocycles. The molecule has 2 heterocycles. The van der Waals surface area contributed by atoms with Crippen LogP contribution in [0.25, 0.3) is 0 Å². The van der Waals surface area contributed by atoms with E-state index in [1.165, 1.54) is 19.0 Å². The van der Waals surface area contributed by atoms with E-state index < -0.39 is 0 Å². The Morgan fingerprint density at radius 2 is 2.47 bits per heavy atom. The predicted molar refractivity (Wildman–Crippen MR) is 62.8 cm³/mol. The molecule has 1 atom stereocenters. The van der Waals surface area contributed by atoms with Gasteiger partial charge in [0.2, 0.25) is 0 Å². The van der Waals surface area contributed by atoms with Crippen molar-refractivity contribution in [3.05, 3.63) is 28.4 Å². The summed E-state index contributed by atoms with van der Waals surface area (Å²) in [5, 5.41) is 6.14. The Kier molecular flexibility index (Phi) is 3.87. The van der Waals surface area contributed by atoms with Crippen LogP contribution >= 0.6 is 0 Å². The van der Waals surface area contributed by atoms with Crippen molar-refractivity contribution in [1.29, 1.82) is 0 Å². The minimum absolute atomic E-state index is 0.240. The van der Waals surface area contributed by atoms with Crippen LogP contribution in [-0.2, 0) is 0 Å². The molecule has 0 saturated carbocycles. The number of aromatic nitrogens is 2. The molecule has 6 heteroatoms. The van der Waals surface area contributed by atoms with Gasteiger partial charge in [-0.3, -0.25) is 9.59 Å². The summed E-state index contributed by atoms with van der Waals surface area (Å²) in [6.45, 7) is 1.69. The van der Waals surface area contributed by atoms with Crippen LogP contribution in [-0.4, -0.2) is 35.0 Å². The monoisotopic (exact) mass is 236 g/mol. The van der Waals surface area contributed by atoms with Crippen molar-refractivity contribution >= 4 is 5.91 Å². The fourth-order valence-electron chi connectivity index (χ4n) is 1.92. The number of hydrogen-bond acceptors (Lipinski definition) is 4. The highest BCUT2D eigenvalue weighted by atomic mass is 16.2. The molecule has 2 rings (SSSR count). The molecule has 17 heavy (non-hydrogen) atoms. The summed E-state index contributed by atoms with van der Waals surface area (Å²) < 4.78 is 0. The van der Waals surface area contributed by atoms with Crippen molar-refractivity contribution < 1.29 is 4.79 Å². The molecule has 1 aromatic rings. The topological polar surface area (TPSA) is 86.9 Å². The van der Waals surface area contributed by atoms with Crippen LogP contribution in [0.3, 0.4) is 0 Å². The van der Waals surface area contributed by atoms with E-state index >= 15 is 0 Å². The molecule has 3 N–H and O–H groups in total. The zero-order valence-corrected chi connectivity index (χ0v) is 9.53. The van der Waals surface area contributed by atoms with Gasteiger partial charge in [0.1, 0.15) is 5.69 Å². The first-order chi connectivity index (χ1) is 8.25. The molecule has 0 aliphatic carbocycles. The summed E-state index contributed by atoms with van der Waals surface area (Å²) in [4.78, 5) is 28.6. The number of hydrogen-bond donors (Lipinski definition) is 3. The highest BCUT2D eigenvalue weighted by Crippen LogP contribution is 2.07. The molecule has 92 valence electrons. The van der Waals surface area contributed by atoms with Crippen LogP contribution < -0.4 is 16.2 Å². The average molecular weight is 236 g/mol. The molecule has 1 fully saturated rings. The van der Waals surface area contributed by atoms with E-state index in [9.17, 15) is 9.59 Å². The Morgan fingerprint density at radius 1 is 1.59 bits per heavy atom. The first kappa shape index (κ1) is 11.8. The van der Waals surface area contributed by atoms with Crippen molar-refractivity contribution in [3.8, 4) is 0 Å². The quantitative estimate of drug-likeness (QED) is 0.666. The van der Waals surface area contributed by atoms with E-state index in [1.807, 2.05) is 0 Å². The lowest BCUT2D eigenvalue weighted by molar-refractivity contribution is 0.0947. The second-order valence-electron chi connectivity index (χ2n) is 4.13. The number of aromatic amines is 1. The van der Waals surface area contributed by atoms with Crippen LogP contribution in [0, 0.1) is 0 Å². The summed E-state index contributed by atoms with van der Waals surface area (Å²) in [6, 6.07) is 0.513. The Balaban J connectivity index is 1.76. The summed E-state index contributed by atoms with van der Waals surface area (Å²) in [5.74, 6) is -0.251.